The highest BCUT2D eigenvalue weighted by Gasteiger charge is 2.35. The minimum atomic E-state index is -4.60. The van der Waals surface area contributed by atoms with Crippen molar-refractivity contribution in [2.24, 2.45) is 0 Å². The fourth-order valence-corrected chi connectivity index (χ4v) is 2.70. The number of rotatable bonds is 3. The second-order valence-electron chi connectivity index (χ2n) is 6.19. The molecule has 0 radical (unpaired) electrons. The van der Waals surface area contributed by atoms with Crippen molar-refractivity contribution in [2.45, 2.75) is 19.6 Å². The fourth-order valence-electron chi connectivity index (χ4n) is 2.70. The Morgan fingerprint density at radius 1 is 1.23 bits per heavy atom. The number of nitrogens with one attached hydrogen (secondary N) is 1. The lowest BCUT2D eigenvalue weighted by Crippen LogP contribution is -2.51. The van der Waals surface area contributed by atoms with Crippen molar-refractivity contribution in [3.63, 3.8) is 0 Å². The molecule has 1 aliphatic heterocycles. The van der Waals surface area contributed by atoms with Crippen LogP contribution in [0.1, 0.15) is 27.3 Å². The lowest BCUT2D eigenvalue weighted by atomic mass is 10.1. The van der Waals surface area contributed by atoms with Crippen molar-refractivity contribution in [1.82, 2.24) is 20.0 Å². The van der Waals surface area contributed by atoms with Gasteiger partial charge in [0.15, 0.2) is 5.69 Å². The number of amides is 2. The smallest absolute Gasteiger partial charge is 0.335 e. The molecule has 2 amide bonds. The van der Waals surface area contributed by atoms with Gasteiger partial charge in [-0.25, -0.2) is 0 Å². The number of alkyl halides is 3. The largest absolute Gasteiger partial charge is 0.432 e. The molecule has 3 rings (SSSR count). The van der Waals surface area contributed by atoms with E-state index >= 15 is 0 Å². The van der Waals surface area contributed by atoms with E-state index in [1.165, 1.54) is 4.90 Å². The summed E-state index contributed by atoms with van der Waals surface area (Å²) in [5.41, 5.74) is 0.654. The van der Waals surface area contributed by atoms with Gasteiger partial charge in [0.2, 0.25) is 5.91 Å². The predicted octanol–water partition coefficient (Wildman–Crippen LogP) is 2.22. The maximum Gasteiger partial charge on any atom is 0.432 e. The summed E-state index contributed by atoms with van der Waals surface area (Å²) in [7, 11) is 0. The van der Waals surface area contributed by atoms with Crippen LogP contribution in [0.3, 0.4) is 0 Å². The SMILES string of the molecule is Cc1ccc(CN2CCN(C(=O)c3cc(C(F)(F)F)[nH]n3)CC2=O)cc1. The maximum absolute atomic E-state index is 12.6. The molecule has 6 nitrogen and oxygen atoms in total. The predicted molar refractivity (Wildman–Crippen MR) is 86.1 cm³/mol. The molecule has 0 spiro atoms. The molecule has 2 aromatic rings. The molecule has 26 heavy (non-hydrogen) atoms. The average Bonchev–Trinajstić information content (AvgIpc) is 3.08. The number of carbonyl (C=O) groups is 2. The van der Waals surface area contributed by atoms with Gasteiger partial charge in [0.25, 0.3) is 5.91 Å². The molecule has 138 valence electrons. The van der Waals surface area contributed by atoms with Crippen molar-refractivity contribution in [1.29, 1.82) is 0 Å². The van der Waals surface area contributed by atoms with Crippen molar-refractivity contribution in [3.05, 3.63) is 52.8 Å². The van der Waals surface area contributed by atoms with Crippen LogP contribution >= 0.6 is 0 Å². The topological polar surface area (TPSA) is 69.3 Å². The van der Waals surface area contributed by atoms with Gasteiger partial charge in [-0.3, -0.25) is 14.7 Å². The number of aryl methyl sites for hydroxylation is 1. The van der Waals surface area contributed by atoms with Crippen molar-refractivity contribution in [2.75, 3.05) is 19.6 Å². The summed E-state index contributed by atoms with van der Waals surface area (Å²) in [6.07, 6.45) is -4.60. The van der Waals surface area contributed by atoms with E-state index in [1.54, 1.807) is 10.00 Å². The van der Waals surface area contributed by atoms with E-state index < -0.39 is 17.8 Å². The number of aromatic nitrogens is 2. The molecule has 1 N–H and O–H groups in total. The molecule has 1 saturated heterocycles. The summed E-state index contributed by atoms with van der Waals surface area (Å²) >= 11 is 0. The molecule has 0 aliphatic carbocycles. The zero-order valence-electron chi connectivity index (χ0n) is 14.0. The van der Waals surface area contributed by atoms with Crippen LogP contribution in [0.15, 0.2) is 30.3 Å². The van der Waals surface area contributed by atoms with Gasteiger partial charge in [-0.2, -0.15) is 18.3 Å². The van der Waals surface area contributed by atoms with E-state index in [0.717, 1.165) is 11.1 Å². The Morgan fingerprint density at radius 2 is 1.92 bits per heavy atom. The van der Waals surface area contributed by atoms with Crippen LogP contribution in [0.25, 0.3) is 0 Å². The number of aromatic amines is 1. The Balaban J connectivity index is 1.62. The summed E-state index contributed by atoms with van der Waals surface area (Å²) < 4.78 is 37.8. The van der Waals surface area contributed by atoms with Crippen LogP contribution in [-0.2, 0) is 17.5 Å². The van der Waals surface area contributed by atoms with E-state index in [-0.39, 0.29) is 24.7 Å². The summed E-state index contributed by atoms with van der Waals surface area (Å²) in [4.78, 5) is 27.4. The third-order valence-corrected chi connectivity index (χ3v) is 4.20. The number of carbonyl (C=O) groups excluding carboxylic acids is 2. The first-order chi connectivity index (χ1) is 12.2. The molecule has 1 aliphatic rings. The molecule has 1 aromatic carbocycles. The quantitative estimate of drug-likeness (QED) is 0.906. The molecular formula is C17H17F3N4O2. The summed E-state index contributed by atoms with van der Waals surface area (Å²) in [5.74, 6) is -0.947. The number of halogens is 3. The van der Waals surface area contributed by atoms with Crippen molar-refractivity contribution in [3.8, 4) is 0 Å². The average molecular weight is 366 g/mol. The molecule has 0 bridgehead atoms. The van der Waals surface area contributed by atoms with Crippen molar-refractivity contribution >= 4 is 11.8 Å². The van der Waals surface area contributed by atoms with Crippen LogP contribution in [-0.4, -0.2) is 51.4 Å². The minimum Gasteiger partial charge on any atom is -0.335 e. The summed E-state index contributed by atoms with van der Waals surface area (Å²) in [6, 6.07) is 8.43. The van der Waals surface area contributed by atoms with Gasteiger partial charge in [-0.1, -0.05) is 29.8 Å². The van der Waals surface area contributed by atoms with Gasteiger partial charge in [-0.15, -0.1) is 0 Å². The first kappa shape index (κ1) is 18.0. The number of H-pyrrole nitrogens is 1. The third kappa shape index (κ3) is 3.87. The van der Waals surface area contributed by atoms with E-state index in [9.17, 15) is 22.8 Å². The number of nitrogens with zero attached hydrogens (tertiary/aromatic N) is 3. The van der Waals surface area contributed by atoms with E-state index in [4.69, 9.17) is 0 Å². The van der Waals surface area contributed by atoms with Crippen LogP contribution < -0.4 is 0 Å². The minimum absolute atomic E-state index is 0.182. The first-order valence-corrected chi connectivity index (χ1v) is 7.99. The van der Waals surface area contributed by atoms with Crippen LogP contribution in [0.5, 0.6) is 0 Å². The molecular weight excluding hydrogens is 349 g/mol. The highest BCUT2D eigenvalue weighted by molar-refractivity contribution is 5.95. The van der Waals surface area contributed by atoms with E-state index in [0.29, 0.717) is 19.2 Å². The number of hydrogen-bond acceptors (Lipinski definition) is 3. The lowest BCUT2D eigenvalue weighted by Gasteiger charge is -2.34. The van der Waals surface area contributed by atoms with Gasteiger partial charge in [0.05, 0.1) is 0 Å². The highest BCUT2D eigenvalue weighted by atomic mass is 19.4. The van der Waals surface area contributed by atoms with Gasteiger partial charge in [0, 0.05) is 25.7 Å². The first-order valence-electron chi connectivity index (χ1n) is 7.99. The molecule has 2 heterocycles. The Hall–Kier alpha value is -2.84. The number of benzene rings is 1. The Bertz CT molecular complexity index is 814. The van der Waals surface area contributed by atoms with Gasteiger partial charge >= 0.3 is 6.18 Å². The second kappa shape index (κ2) is 6.81. The second-order valence-corrected chi connectivity index (χ2v) is 6.19. The van der Waals surface area contributed by atoms with Gasteiger partial charge in [-0.05, 0) is 12.5 Å². The van der Waals surface area contributed by atoms with Gasteiger partial charge < -0.3 is 9.80 Å². The molecule has 1 fully saturated rings. The van der Waals surface area contributed by atoms with Crippen molar-refractivity contribution < 1.29 is 22.8 Å². The Kier molecular flexibility index (Phi) is 4.71. The Labute approximate surface area is 147 Å². The van der Waals surface area contributed by atoms with E-state index in [1.807, 2.05) is 31.2 Å². The van der Waals surface area contributed by atoms with Crippen LogP contribution in [0, 0.1) is 6.92 Å². The van der Waals surface area contributed by atoms with Crippen LogP contribution in [0.4, 0.5) is 13.2 Å². The summed E-state index contributed by atoms with van der Waals surface area (Å²) in [5, 5.41) is 5.22. The molecule has 9 heteroatoms. The molecule has 0 unspecified atom stereocenters. The number of piperazine rings is 1. The fraction of sp³-hybridized carbons (Fsp3) is 0.353. The normalized spacial score (nSPS) is 15.5. The number of hydrogen-bond donors (Lipinski definition) is 1. The Morgan fingerprint density at radius 3 is 2.50 bits per heavy atom. The highest BCUT2D eigenvalue weighted by Crippen LogP contribution is 2.28. The zero-order valence-corrected chi connectivity index (χ0v) is 14.0. The third-order valence-electron chi connectivity index (χ3n) is 4.20. The maximum atomic E-state index is 12.6. The standard InChI is InChI=1S/C17H17F3N4O2/c1-11-2-4-12(5-3-11)9-23-6-7-24(10-15(23)25)16(26)13-8-14(22-21-13)17(18,19)20/h2-5,8H,6-7,9-10H2,1H3,(H,21,22). The monoisotopic (exact) mass is 366 g/mol. The molecule has 0 saturated carbocycles. The van der Waals surface area contributed by atoms with Crippen LogP contribution in [0.2, 0.25) is 0 Å². The zero-order chi connectivity index (χ0) is 18.9. The molecule has 0 atom stereocenters. The molecule has 1 aromatic heterocycles. The lowest BCUT2D eigenvalue weighted by molar-refractivity contribution is -0.141. The van der Waals surface area contributed by atoms with E-state index in [2.05, 4.69) is 5.10 Å². The summed E-state index contributed by atoms with van der Waals surface area (Å²) in [6.45, 7) is 2.78. The van der Waals surface area contributed by atoms with Gasteiger partial charge in [0.1, 0.15) is 12.2 Å².